The van der Waals surface area contributed by atoms with Crippen molar-refractivity contribution in [1.29, 1.82) is 5.26 Å². The maximum absolute atomic E-state index is 14.6. The van der Waals surface area contributed by atoms with Crippen LogP contribution in [0.1, 0.15) is 42.1 Å². The van der Waals surface area contributed by atoms with Crippen molar-refractivity contribution >= 4 is 28.9 Å². The summed E-state index contributed by atoms with van der Waals surface area (Å²) < 4.78 is 16.1. The van der Waals surface area contributed by atoms with E-state index in [1.807, 2.05) is 19.1 Å². The lowest BCUT2D eigenvalue weighted by atomic mass is 9.90. The number of imidazole rings is 1. The number of fused-ring (bicyclic) bond motifs is 1. The van der Waals surface area contributed by atoms with Gasteiger partial charge < -0.3 is 11.1 Å². The van der Waals surface area contributed by atoms with E-state index in [1.165, 1.54) is 23.1 Å². The van der Waals surface area contributed by atoms with E-state index in [4.69, 9.17) is 17.3 Å². The summed E-state index contributed by atoms with van der Waals surface area (Å²) in [6.45, 7) is 1.86. The molecule has 10 heteroatoms. The first-order valence-electron chi connectivity index (χ1n) is 8.83. The van der Waals surface area contributed by atoms with Crippen LogP contribution >= 0.6 is 11.6 Å². The molecule has 1 unspecified atom stereocenters. The summed E-state index contributed by atoms with van der Waals surface area (Å²) in [7, 11) is 0. The molecule has 0 fully saturated rings. The predicted molar refractivity (Wildman–Crippen MR) is 107 cm³/mol. The summed E-state index contributed by atoms with van der Waals surface area (Å²) in [5, 5.41) is 17.4. The standard InChI is InChI=1S/C19H16ClFN8/c1-10(27-19-13(7-22)18(23)25-9-26-19)12-6-16-24-8-15(20)29(16)28-17(12)11-4-2-3-5-14(11)21/h2-3,5-6,8-11H,4H2,1H3,(H3,23,25,26,27)/t10-,11?/m0/s1. The van der Waals surface area contributed by atoms with Gasteiger partial charge >= 0.3 is 0 Å². The Morgan fingerprint density at radius 2 is 2.24 bits per heavy atom. The number of anilines is 2. The molecular weight excluding hydrogens is 395 g/mol. The average Bonchev–Trinajstić information content (AvgIpc) is 3.08. The first-order chi connectivity index (χ1) is 14.0. The van der Waals surface area contributed by atoms with Gasteiger partial charge in [0.2, 0.25) is 0 Å². The molecule has 0 bridgehead atoms. The normalized spacial score (nSPS) is 17.0. The molecule has 0 saturated heterocycles. The van der Waals surface area contributed by atoms with Crippen LogP contribution < -0.4 is 11.1 Å². The second-order valence-electron chi connectivity index (χ2n) is 6.56. The van der Waals surface area contributed by atoms with Crippen molar-refractivity contribution in [2.45, 2.75) is 25.3 Å². The van der Waals surface area contributed by atoms with Gasteiger partial charge in [0.25, 0.3) is 0 Å². The number of aromatic nitrogens is 5. The largest absolute Gasteiger partial charge is 0.382 e. The van der Waals surface area contributed by atoms with Crippen molar-refractivity contribution < 1.29 is 4.39 Å². The zero-order valence-electron chi connectivity index (χ0n) is 15.3. The van der Waals surface area contributed by atoms with Gasteiger partial charge in [-0.05, 0) is 25.5 Å². The molecule has 0 aliphatic heterocycles. The number of halogens is 2. The van der Waals surface area contributed by atoms with E-state index in [9.17, 15) is 9.65 Å². The molecule has 2 atom stereocenters. The Kier molecular flexibility index (Phi) is 4.86. The molecule has 3 aromatic rings. The van der Waals surface area contributed by atoms with Gasteiger partial charge in [-0.3, -0.25) is 0 Å². The summed E-state index contributed by atoms with van der Waals surface area (Å²) in [6.07, 6.45) is 8.22. The minimum atomic E-state index is -0.548. The van der Waals surface area contributed by atoms with Crippen LogP contribution in [0, 0.1) is 11.3 Å². The summed E-state index contributed by atoms with van der Waals surface area (Å²) >= 11 is 6.17. The van der Waals surface area contributed by atoms with Gasteiger partial charge in [-0.2, -0.15) is 10.4 Å². The predicted octanol–water partition coefficient (Wildman–Crippen LogP) is 3.70. The van der Waals surface area contributed by atoms with E-state index in [1.54, 1.807) is 12.1 Å². The number of hydrogen-bond acceptors (Lipinski definition) is 7. The Labute approximate surface area is 170 Å². The molecule has 3 N–H and O–H groups in total. The fourth-order valence-corrected chi connectivity index (χ4v) is 3.45. The van der Waals surface area contributed by atoms with Gasteiger partial charge in [-0.1, -0.05) is 23.8 Å². The molecule has 3 aromatic heterocycles. The van der Waals surface area contributed by atoms with Crippen molar-refractivity contribution in [1.82, 2.24) is 24.6 Å². The van der Waals surface area contributed by atoms with Gasteiger partial charge in [-0.25, -0.2) is 23.9 Å². The smallest absolute Gasteiger partial charge is 0.155 e. The van der Waals surface area contributed by atoms with Crippen molar-refractivity contribution in [3.8, 4) is 6.07 Å². The van der Waals surface area contributed by atoms with Crippen LogP contribution in [0.15, 0.2) is 42.6 Å². The fourth-order valence-electron chi connectivity index (χ4n) is 3.28. The summed E-state index contributed by atoms with van der Waals surface area (Å²) in [6, 6.07) is 3.42. The Balaban J connectivity index is 1.81. The third kappa shape index (κ3) is 3.39. The molecule has 0 radical (unpaired) electrons. The van der Waals surface area contributed by atoms with Crippen molar-refractivity contribution in [3.05, 3.63) is 64.6 Å². The molecule has 0 saturated carbocycles. The van der Waals surface area contributed by atoms with Crippen LogP contribution in [0.5, 0.6) is 0 Å². The van der Waals surface area contributed by atoms with E-state index in [-0.39, 0.29) is 23.3 Å². The zero-order valence-corrected chi connectivity index (χ0v) is 16.1. The number of nitrogen functional groups attached to an aromatic ring is 1. The SMILES string of the molecule is C[C@H](Nc1ncnc(N)c1C#N)c1cc2ncc(Cl)n2nc1C1CC=CC=C1F. The van der Waals surface area contributed by atoms with Gasteiger partial charge in [0.05, 0.1) is 23.9 Å². The monoisotopic (exact) mass is 410 g/mol. The topological polar surface area (TPSA) is 118 Å². The highest BCUT2D eigenvalue weighted by Gasteiger charge is 2.27. The molecule has 0 spiro atoms. The van der Waals surface area contributed by atoms with E-state index >= 15 is 0 Å². The molecule has 1 aliphatic carbocycles. The van der Waals surface area contributed by atoms with Crippen LogP contribution in [0.25, 0.3) is 5.65 Å². The van der Waals surface area contributed by atoms with Gasteiger partial charge in [0.15, 0.2) is 10.8 Å². The molecule has 8 nitrogen and oxygen atoms in total. The molecule has 146 valence electrons. The number of nitrogens with two attached hydrogens (primary N) is 1. The highest BCUT2D eigenvalue weighted by atomic mass is 35.5. The van der Waals surface area contributed by atoms with Crippen LogP contribution in [-0.4, -0.2) is 24.6 Å². The summed E-state index contributed by atoms with van der Waals surface area (Å²) in [5.41, 5.74) is 7.68. The van der Waals surface area contributed by atoms with Crippen molar-refractivity contribution in [2.24, 2.45) is 0 Å². The van der Waals surface area contributed by atoms with E-state index < -0.39 is 5.92 Å². The van der Waals surface area contributed by atoms with Crippen LogP contribution in [0.3, 0.4) is 0 Å². The number of hydrogen-bond donors (Lipinski definition) is 2. The Morgan fingerprint density at radius 3 is 3.00 bits per heavy atom. The molecule has 0 amide bonds. The lowest BCUT2D eigenvalue weighted by Crippen LogP contribution is -2.17. The lowest BCUT2D eigenvalue weighted by Gasteiger charge is -2.23. The molecule has 29 heavy (non-hydrogen) atoms. The van der Waals surface area contributed by atoms with Gasteiger partial charge in [0.1, 0.15) is 35.4 Å². The number of nitriles is 1. The molecule has 1 aliphatic rings. The first kappa shape index (κ1) is 18.8. The Bertz CT molecular complexity index is 1190. The Hall–Kier alpha value is -3.51. The zero-order chi connectivity index (χ0) is 20.5. The average molecular weight is 411 g/mol. The lowest BCUT2D eigenvalue weighted by molar-refractivity contribution is 0.524. The van der Waals surface area contributed by atoms with Gasteiger partial charge in [0, 0.05) is 5.56 Å². The maximum Gasteiger partial charge on any atom is 0.155 e. The number of allylic oxidation sites excluding steroid dienone is 4. The Morgan fingerprint density at radius 1 is 1.41 bits per heavy atom. The van der Waals surface area contributed by atoms with E-state index in [2.05, 4.69) is 25.4 Å². The van der Waals surface area contributed by atoms with Crippen LogP contribution in [-0.2, 0) is 0 Å². The number of nitrogens with one attached hydrogen (secondary N) is 1. The summed E-state index contributed by atoms with van der Waals surface area (Å²) in [5.74, 6) is -0.460. The van der Waals surface area contributed by atoms with Crippen LogP contribution in [0.2, 0.25) is 5.15 Å². The maximum atomic E-state index is 14.6. The van der Waals surface area contributed by atoms with Crippen LogP contribution in [0.4, 0.5) is 16.0 Å². The van der Waals surface area contributed by atoms with Gasteiger partial charge in [-0.15, -0.1) is 0 Å². The summed E-state index contributed by atoms with van der Waals surface area (Å²) in [4.78, 5) is 12.2. The second kappa shape index (κ2) is 7.48. The fraction of sp³-hybridized carbons (Fsp3) is 0.211. The van der Waals surface area contributed by atoms with E-state index in [0.29, 0.717) is 34.3 Å². The molecule has 3 heterocycles. The van der Waals surface area contributed by atoms with Crippen molar-refractivity contribution in [3.63, 3.8) is 0 Å². The highest BCUT2D eigenvalue weighted by molar-refractivity contribution is 6.29. The minimum absolute atomic E-state index is 0.0810. The quantitative estimate of drug-likeness (QED) is 0.673. The molecular formula is C19H16ClFN8. The third-order valence-electron chi connectivity index (χ3n) is 4.75. The third-order valence-corrected chi connectivity index (χ3v) is 5.00. The molecule has 4 rings (SSSR count). The first-order valence-corrected chi connectivity index (χ1v) is 9.20. The minimum Gasteiger partial charge on any atom is -0.382 e. The second-order valence-corrected chi connectivity index (χ2v) is 6.95. The highest BCUT2D eigenvalue weighted by Crippen LogP contribution is 2.36. The molecule has 0 aromatic carbocycles. The van der Waals surface area contributed by atoms with Crippen molar-refractivity contribution in [2.75, 3.05) is 11.1 Å². The number of nitrogens with zero attached hydrogens (tertiary/aromatic N) is 6. The van der Waals surface area contributed by atoms with E-state index in [0.717, 1.165) is 0 Å². The number of rotatable bonds is 4.